The van der Waals surface area contributed by atoms with Crippen molar-refractivity contribution in [2.24, 2.45) is 0 Å². The van der Waals surface area contributed by atoms with Crippen LogP contribution >= 0.6 is 0 Å². The summed E-state index contributed by atoms with van der Waals surface area (Å²) in [5, 5.41) is 3.43. The third-order valence-corrected chi connectivity index (χ3v) is 4.66. The van der Waals surface area contributed by atoms with Gasteiger partial charge in [-0.1, -0.05) is 0 Å². The summed E-state index contributed by atoms with van der Waals surface area (Å²) >= 11 is 0. The van der Waals surface area contributed by atoms with Crippen LogP contribution in [0.3, 0.4) is 0 Å². The molecule has 1 amide bonds. The van der Waals surface area contributed by atoms with E-state index in [0.29, 0.717) is 13.2 Å². The maximum Gasteiger partial charge on any atom is 0.239 e. The van der Waals surface area contributed by atoms with Gasteiger partial charge in [0.1, 0.15) is 0 Å². The Hall–Kier alpha value is -0.650. The van der Waals surface area contributed by atoms with Gasteiger partial charge in [-0.2, -0.15) is 0 Å². The molecule has 1 saturated heterocycles. The molecule has 1 heterocycles. The van der Waals surface area contributed by atoms with Crippen molar-refractivity contribution in [3.05, 3.63) is 0 Å². The number of carbonyl (C=O) groups excluding carboxylic acids is 1. The van der Waals surface area contributed by atoms with Crippen molar-refractivity contribution in [1.82, 2.24) is 15.1 Å². The van der Waals surface area contributed by atoms with Crippen molar-refractivity contribution in [3.8, 4) is 0 Å². The molecular weight excluding hydrogens is 242 g/mol. The molecule has 1 aliphatic carbocycles. The van der Waals surface area contributed by atoms with Crippen LogP contribution in [-0.4, -0.2) is 74.2 Å². The fraction of sp³-hybridized carbons (Fsp3) is 0.929. The standard InChI is InChI=1S/C14H27N3O2/c1-12(13(18)17-7-9-19-10-8-17)15-11-14(16(2)3)5-4-6-14/h12,15H,4-11H2,1-3H3. The molecule has 1 N–H and O–H groups in total. The normalized spacial score (nSPS) is 24.1. The molecule has 1 unspecified atom stereocenters. The maximum absolute atomic E-state index is 12.3. The molecule has 5 heteroatoms. The van der Waals surface area contributed by atoms with E-state index < -0.39 is 0 Å². The maximum atomic E-state index is 12.3. The number of hydrogen-bond donors (Lipinski definition) is 1. The van der Waals surface area contributed by atoms with Gasteiger partial charge in [-0.15, -0.1) is 0 Å². The molecule has 5 nitrogen and oxygen atoms in total. The summed E-state index contributed by atoms with van der Waals surface area (Å²) in [4.78, 5) is 16.5. The monoisotopic (exact) mass is 269 g/mol. The second-order valence-electron chi connectivity index (χ2n) is 6.01. The van der Waals surface area contributed by atoms with Gasteiger partial charge < -0.3 is 19.9 Å². The van der Waals surface area contributed by atoms with Crippen molar-refractivity contribution in [1.29, 1.82) is 0 Å². The average molecular weight is 269 g/mol. The molecule has 0 aromatic rings. The van der Waals surface area contributed by atoms with E-state index in [2.05, 4.69) is 24.3 Å². The molecular formula is C14H27N3O2. The highest BCUT2D eigenvalue weighted by Crippen LogP contribution is 2.35. The van der Waals surface area contributed by atoms with Crippen LogP contribution in [0.4, 0.5) is 0 Å². The molecule has 2 rings (SSSR count). The molecule has 2 aliphatic rings. The molecule has 0 radical (unpaired) electrons. The first-order valence-corrected chi connectivity index (χ1v) is 7.32. The van der Waals surface area contributed by atoms with Crippen LogP contribution in [0.15, 0.2) is 0 Å². The van der Waals surface area contributed by atoms with E-state index in [1.807, 2.05) is 11.8 Å². The number of rotatable bonds is 5. The number of amides is 1. The van der Waals surface area contributed by atoms with E-state index >= 15 is 0 Å². The Morgan fingerprint density at radius 2 is 2.00 bits per heavy atom. The van der Waals surface area contributed by atoms with Crippen LogP contribution in [0, 0.1) is 0 Å². The summed E-state index contributed by atoms with van der Waals surface area (Å²) in [6.45, 7) is 5.66. The van der Waals surface area contributed by atoms with Crippen LogP contribution < -0.4 is 5.32 Å². The first-order valence-electron chi connectivity index (χ1n) is 7.32. The van der Waals surface area contributed by atoms with E-state index in [4.69, 9.17) is 4.74 Å². The number of ether oxygens (including phenoxy) is 1. The largest absolute Gasteiger partial charge is 0.378 e. The van der Waals surface area contributed by atoms with Gasteiger partial charge in [0.15, 0.2) is 0 Å². The SMILES string of the molecule is CC(NCC1(N(C)C)CCC1)C(=O)N1CCOCC1. The molecule has 1 saturated carbocycles. The Morgan fingerprint density at radius 1 is 1.37 bits per heavy atom. The fourth-order valence-electron chi connectivity index (χ4n) is 2.85. The summed E-state index contributed by atoms with van der Waals surface area (Å²) < 4.78 is 5.28. The van der Waals surface area contributed by atoms with Crippen molar-refractivity contribution in [2.45, 2.75) is 37.8 Å². The zero-order valence-corrected chi connectivity index (χ0v) is 12.4. The van der Waals surface area contributed by atoms with E-state index in [0.717, 1.165) is 19.6 Å². The molecule has 1 atom stereocenters. The molecule has 19 heavy (non-hydrogen) atoms. The topological polar surface area (TPSA) is 44.8 Å². The second kappa shape index (κ2) is 6.20. The van der Waals surface area contributed by atoms with Crippen molar-refractivity contribution in [3.63, 3.8) is 0 Å². The second-order valence-corrected chi connectivity index (χ2v) is 6.01. The summed E-state index contributed by atoms with van der Waals surface area (Å²) in [5.74, 6) is 0.205. The minimum absolute atomic E-state index is 0.101. The number of likely N-dealkylation sites (N-methyl/N-ethyl adjacent to an activating group) is 1. The number of carbonyl (C=O) groups is 1. The first kappa shape index (κ1) is 14.8. The first-order chi connectivity index (χ1) is 9.05. The third-order valence-electron chi connectivity index (χ3n) is 4.66. The van der Waals surface area contributed by atoms with Gasteiger partial charge in [0.05, 0.1) is 19.3 Å². The lowest BCUT2D eigenvalue weighted by molar-refractivity contribution is -0.137. The van der Waals surface area contributed by atoms with Gasteiger partial charge in [0.2, 0.25) is 5.91 Å². The quantitative estimate of drug-likeness (QED) is 0.780. The molecule has 1 aliphatic heterocycles. The number of morpholine rings is 1. The molecule has 0 spiro atoms. The lowest BCUT2D eigenvalue weighted by Gasteiger charge is -2.48. The van der Waals surface area contributed by atoms with Crippen LogP contribution in [-0.2, 0) is 9.53 Å². The highest BCUT2D eigenvalue weighted by Gasteiger charge is 2.39. The Labute approximate surface area is 116 Å². The lowest BCUT2D eigenvalue weighted by atomic mass is 9.75. The predicted octanol–water partition coefficient (Wildman–Crippen LogP) is 0.308. The summed E-state index contributed by atoms with van der Waals surface area (Å²) in [6, 6.07) is -0.101. The summed E-state index contributed by atoms with van der Waals surface area (Å²) in [7, 11) is 4.27. The van der Waals surface area contributed by atoms with Gasteiger partial charge in [0, 0.05) is 25.2 Å². The fourth-order valence-corrected chi connectivity index (χ4v) is 2.85. The molecule has 0 aromatic carbocycles. The highest BCUT2D eigenvalue weighted by molar-refractivity contribution is 5.81. The van der Waals surface area contributed by atoms with E-state index in [9.17, 15) is 4.79 Å². The van der Waals surface area contributed by atoms with E-state index in [1.54, 1.807) is 0 Å². The number of nitrogens with one attached hydrogen (secondary N) is 1. The molecule has 110 valence electrons. The zero-order chi connectivity index (χ0) is 13.9. The van der Waals surface area contributed by atoms with Crippen molar-refractivity contribution < 1.29 is 9.53 Å². The van der Waals surface area contributed by atoms with Gasteiger partial charge in [-0.05, 0) is 40.3 Å². The average Bonchev–Trinajstić information content (AvgIpc) is 2.37. The minimum atomic E-state index is -0.101. The third kappa shape index (κ3) is 3.27. The Kier molecular flexibility index (Phi) is 4.81. The molecule has 2 fully saturated rings. The smallest absolute Gasteiger partial charge is 0.239 e. The summed E-state index contributed by atoms with van der Waals surface area (Å²) in [5.41, 5.74) is 0.263. The van der Waals surface area contributed by atoms with Crippen LogP contribution in [0.5, 0.6) is 0 Å². The minimum Gasteiger partial charge on any atom is -0.378 e. The lowest BCUT2D eigenvalue weighted by Crippen LogP contribution is -2.59. The Bertz CT molecular complexity index is 310. The molecule has 0 bridgehead atoms. The van der Waals surface area contributed by atoms with Gasteiger partial charge in [-0.3, -0.25) is 4.79 Å². The van der Waals surface area contributed by atoms with Gasteiger partial charge in [-0.25, -0.2) is 0 Å². The van der Waals surface area contributed by atoms with Gasteiger partial charge >= 0.3 is 0 Å². The van der Waals surface area contributed by atoms with E-state index in [1.165, 1.54) is 19.3 Å². The number of hydrogen-bond acceptors (Lipinski definition) is 4. The highest BCUT2D eigenvalue weighted by atomic mass is 16.5. The number of nitrogens with zero attached hydrogens (tertiary/aromatic N) is 2. The van der Waals surface area contributed by atoms with Crippen molar-refractivity contribution >= 4 is 5.91 Å². The van der Waals surface area contributed by atoms with Crippen molar-refractivity contribution in [2.75, 3.05) is 46.9 Å². The predicted molar refractivity (Wildman–Crippen MR) is 75.1 cm³/mol. The van der Waals surface area contributed by atoms with Crippen LogP contribution in [0.25, 0.3) is 0 Å². The van der Waals surface area contributed by atoms with E-state index in [-0.39, 0.29) is 17.5 Å². The Morgan fingerprint density at radius 3 is 2.47 bits per heavy atom. The zero-order valence-electron chi connectivity index (χ0n) is 12.4. The van der Waals surface area contributed by atoms with Crippen LogP contribution in [0.1, 0.15) is 26.2 Å². The summed E-state index contributed by atoms with van der Waals surface area (Å²) in [6.07, 6.45) is 3.75. The van der Waals surface area contributed by atoms with Gasteiger partial charge in [0.25, 0.3) is 0 Å². The van der Waals surface area contributed by atoms with Crippen LogP contribution in [0.2, 0.25) is 0 Å². The molecule has 0 aromatic heterocycles. The Balaban J connectivity index is 1.80.